The Bertz CT molecular complexity index is 697. The lowest BCUT2D eigenvalue weighted by Crippen LogP contribution is -2.21. The van der Waals surface area contributed by atoms with Gasteiger partial charge in [0.05, 0.1) is 9.82 Å². The van der Waals surface area contributed by atoms with Crippen molar-refractivity contribution in [3.63, 3.8) is 0 Å². The van der Waals surface area contributed by atoms with Crippen molar-refractivity contribution in [1.82, 2.24) is 0 Å². The van der Waals surface area contributed by atoms with E-state index in [1.807, 2.05) is 36.4 Å². The first-order valence-corrected chi connectivity index (χ1v) is 6.77. The van der Waals surface area contributed by atoms with E-state index in [4.69, 9.17) is 0 Å². The van der Waals surface area contributed by atoms with Gasteiger partial charge in [-0.05, 0) is 16.5 Å². The average molecular weight is 271 g/mol. The van der Waals surface area contributed by atoms with E-state index in [9.17, 15) is 10.1 Å². The Kier molecular flexibility index (Phi) is 4.36. The summed E-state index contributed by atoms with van der Waals surface area (Å²) < 4.78 is 0. The first-order chi connectivity index (χ1) is 9.18. The Morgan fingerprint density at radius 2 is 1.84 bits per heavy atom. The molecule has 0 aromatic heterocycles. The summed E-state index contributed by atoms with van der Waals surface area (Å²) in [5, 5.41) is 12.9. The third-order valence-corrected chi connectivity index (χ3v) is 3.65. The monoisotopic (exact) mass is 271 g/mol. The minimum Gasteiger partial charge on any atom is -0.258 e. The molecule has 0 amide bonds. The van der Waals surface area contributed by atoms with Gasteiger partial charge in [-0.15, -0.1) is 11.8 Å². The Hall–Kier alpha value is -2.07. The fourth-order valence-electron chi connectivity index (χ4n) is 1.68. The van der Waals surface area contributed by atoms with Crippen LogP contribution in [0.25, 0.3) is 12.7 Å². The molecule has 2 aromatic carbocycles. The van der Waals surface area contributed by atoms with Gasteiger partial charge < -0.3 is 0 Å². The molecule has 4 heteroatoms. The number of nitrogens with zero attached hydrogens (tertiary/aromatic N) is 1. The van der Waals surface area contributed by atoms with Crippen molar-refractivity contribution in [2.75, 3.05) is 5.75 Å². The lowest BCUT2D eigenvalue weighted by Gasteiger charge is -1.99. The van der Waals surface area contributed by atoms with Crippen LogP contribution in [0, 0.1) is 10.1 Å². The predicted molar refractivity (Wildman–Crippen MR) is 79.5 cm³/mol. The highest BCUT2D eigenvalue weighted by atomic mass is 32.2. The number of nitro groups is 1. The second-order valence-corrected chi connectivity index (χ2v) is 5.00. The molecule has 2 rings (SSSR count). The van der Waals surface area contributed by atoms with E-state index in [0.717, 1.165) is 10.4 Å². The molecule has 3 nitrogen and oxygen atoms in total. The topological polar surface area (TPSA) is 43.1 Å². The molecule has 0 unspecified atom stereocenters. The maximum Gasteiger partial charge on any atom is 0.282 e. The molecule has 0 radical (unpaired) electrons. The minimum atomic E-state index is -0.350. The fourth-order valence-corrected chi connectivity index (χ4v) is 2.59. The van der Waals surface area contributed by atoms with Crippen molar-refractivity contribution in [2.45, 2.75) is 4.90 Å². The Morgan fingerprint density at radius 1 is 1.16 bits per heavy atom. The number of thioether (sulfide) groups is 1. The van der Waals surface area contributed by atoms with Gasteiger partial charge in [0.1, 0.15) is 0 Å². The molecule has 0 N–H and O–H groups in total. The second-order valence-electron chi connectivity index (χ2n) is 3.94. The summed E-state index contributed by atoms with van der Waals surface area (Å²) in [6, 6.07) is 14.6. The molecule has 96 valence electrons. The number of rotatable bonds is 4. The van der Waals surface area contributed by atoms with Crippen molar-refractivity contribution < 1.29 is 4.92 Å². The standard InChI is InChI=1S/C15H13NO2S/c1-12-6-2-3-7-13(12)10-11-19-15-9-5-4-8-14(15)16(17)18/h2-10H,1,11H2/b13-10+. The molecule has 0 bridgehead atoms. The summed E-state index contributed by atoms with van der Waals surface area (Å²) in [6.07, 6.45) is 2.03. The van der Waals surface area contributed by atoms with Crippen LogP contribution < -0.4 is 10.4 Å². The molecule has 0 fully saturated rings. The van der Waals surface area contributed by atoms with Crippen LogP contribution in [-0.2, 0) is 0 Å². The third-order valence-electron chi connectivity index (χ3n) is 2.66. The molecule has 19 heavy (non-hydrogen) atoms. The minimum absolute atomic E-state index is 0.156. The van der Waals surface area contributed by atoms with Gasteiger partial charge >= 0.3 is 0 Å². The average Bonchev–Trinajstić information content (AvgIpc) is 2.41. The van der Waals surface area contributed by atoms with Gasteiger partial charge in [0.15, 0.2) is 0 Å². The molecule has 0 heterocycles. The van der Waals surface area contributed by atoms with Crippen LogP contribution in [-0.4, -0.2) is 10.7 Å². The van der Waals surface area contributed by atoms with E-state index >= 15 is 0 Å². The summed E-state index contributed by atoms with van der Waals surface area (Å²) >= 11 is 1.45. The molecule has 2 aromatic rings. The summed E-state index contributed by atoms with van der Waals surface area (Å²) in [7, 11) is 0. The van der Waals surface area contributed by atoms with Gasteiger partial charge in [-0.3, -0.25) is 10.1 Å². The molecule has 0 atom stereocenters. The normalized spacial score (nSPS) is 11.5. The van der Waals surface area contributed by atoms with Crippen molar-refractivity contribution in [3.05, 3.63) is 69.1 Å². The summed E-state index contributed by atoms with van der Waals surface area (Å²) in [4.78, 5) is 11.2. The molecule has 0 saturated heterocycles. The highest BCUT2D eigenvalue weighted by Crippen LogP contribution is 2.28. The SMILES string of the molecule is C=c1cccc/c1=C\CSc1ccccc1[N+](=O)[O-]. The smallest absolute Gasteiger partial charge is 0.258 e. The van der Waals surface area contributed by atoms with Crippen molar-refractivity contribution in [3.8, 4) is 0 Å². The summed E-state index contributed by atoms with van der Waals surface area (Å²) in [5.41, 5.74) is 0.156. The number of benzene rings is 2. The fraction of sp³-hybridized carbons (Fsp3) is 0.0667. The summed E-state index contributed by atoms with van der Waals surface area (Å²) in [5.74, 6) is 0.678. The van der Waals surface area contributed by atoms with Crippen molar-refractivity contribution in [2.24, 2.45) is 0 Å². The van der Waals surface area contributed by atoms with Crippen LogP contribution in [0.5, 0.6) is 0 Å². The number of nitro benzene ring substituents is 1. The zero-order valence-electron chi connectivity index (χ0n) is 10.3. The van der Waals surface area contributed by atoms with Gasteiger partial charge in [-0.25, -0.2) is 0 Å². The van der Waals surface area contributed by atoms with Crippen LogP contribution in [0.15, 0.2) is 53.4 Å². The van der Waals surface area contributed by atoms with Gasteiger partial charge in [0.25, 0.3) is 5.69 Å². The number of para-hydroxylation sites is 1. The van der Waals surface area contributed by atoms with Crippen molar-refractivity contribution >= 4 is 30.1 Å². The van der Waals surface area contributed by atoms with Gasteiger partial charge in [0.2, 0.25) is 0 Å². The molecule has 0 aliphatic heterocycles. The maximum atomic E-state index is 10.9. The Labute approximate surface area is 115 Å². The molecule has 0 spiro atoms. The van der Waals surface area contributed by atoms with Gasteiger partial charge in [-0.2, -0.15) is 0 Å². The molecular weight excluding hydrogens is 258 g/mol. The van der Waals surface area contributed by atoms with Crippen LogP contribution in [0.3, 0.4) is 0 Å². The van der Waals surface area contributed by atoms with Crippen LogP contribution in [0.4, 0.5) is 5.69 Å². The van der Waals surface area contributed by atoms with E-state index in [0.29, 0.717) is 10.6 Å². The van der Waals surface area contributed by atoms with Crippen molar-refractivity contribution in [1.29, 1.82) is 0 Å². The Morgan fingerprint density at radius 3 is 2.58 bits per heavy atom. The molecular formula is C15H13NO2S. The van der Waals surface area contributed by atoms with E-state index in [-0.39, 0.29) is 10.6 Å². The predicted octanol–water partition coefficient (Wildman–Crippen LogP) is 2.58. The van der Waals surface area contributed by atoms with E-state index in [1.54, 1.807) is 12.1 Å². The number of hydrogen-bond acceptors (Lipinski definition) is 3. The van der Waals surface area contributed by atoms with E-state index in [2.05, 4.69) is 6.58 Å². The summed E-state index contributed by atoms with van der Waals surface area (Å²) in [6.45, 7) is 3.94. The van der Waals surface area contributed by atoms with E-state index < -0.39 is 0 Å². The third kappa shape index (κ3) is 3.45. The quantitative estimate of drug-likeness (QED) is 0.487. The number of hydrogen-bond donors (Lipinski definition) is 0. The molecule has 0 aliphatic rings. The van der Waals surface area contributed by atoms with E-state index in [1.165, 1.54) is 17.8 Å². The van der Waals surface area contributed by atoms with Crippen LogP contribution >= 0.6 is 11.8 Å². The maximum absolute atomic E-state index is 10.9. The second kappa shape index (κ2) is 6.20. The molecule has 0 saturated carbocycles. The zero-order chi connectivity index (χ0) is 13.7. The van der Waals surface area contributed by atoms with Crippen LogP contribution in [0.2, 0.25) is 0 Å². The van der Waals surface area contributed by atoms with Gasteiger partial charge in [-0.1, -0.05) is 49.1 Å². The van der Waals surface area contributed by atoms with Gasteiger partial charge in [0, 0.05) is 11.8 Å². The molecule has 0 aliphatic carbocycles. The largest absolute Gasteiger partial charge is 0.282 e. The highest BCUT2D eigenvalue weighted by molar-refractivity contribution is 7.99. The highest BCUT2D eigenvalue weighted by Gasteiger charge is 2.11. The first kappa shape index (κ1) is 13.4. The zero-order valence-corrected chi connectivity index (χ0v) is 11.1. The Balaban J connectivity index is 2.17. The lowest BCUT2D eigenvalue weighted by atomic mass is 10.2. The van der Waals surface area contributed by atoms with Crippen LogP contribution in [0.1, 0.15) is 0 Å². The first-order valence-electron chi connectivity index (χ1n) is 5.79. The lowest BCUT2D eigenvalue weighted by molar-refractivity contribution is -0.387.